The summed E-state index contributed by atoms with van der Waals surface area (Å²) < 4.78 is 5.28. The molecule has 2 heterocycles. The van der Waals surface area contributed by atoms with Crippen molar-refractivity contribution >= 4 is 17.6 Å². The summed E-state index contributed by atoms with van der Waals surface area (Å²) >= 11 is 0. The molecule has 0 aliphatic carbocycles. The number of nitrogens with zero attached hydrogens (tertiary/aromatic N) is 4. The average Bonchev–Trinajstić information content (AvgIpc) is 2.72. The first kappa shape index (κ1) is 18.6. The summed E-state index contributed by atoms with van der Waals surface area (Å²) in [7, 11) is 1.60. The zero-order chi connectivity index (χ0) is 19.2. The van der Waals surface area contributed by atoms with E-state index in [0.717, 1.165) is 11.3 Å². The van der Waals surface area contributed by atoms with E-state index in [2.05, 4.69) is 20.4 Å². The van der Waals surface area contributed by atoms with E-state index in [9.17, 15) is 9.59 Å². The monoisotopic (exact) mass is 369 g/mol. The molecule has 2 amide bonds. The fourth-order valence-corrected chi connectivity index (χ4v) is 2.98. The predicted molar refractivity (Wildman–Crippen MR) is 101 cm³/mol. The molecule has 27 heavy (non-hydrogen) atoms. The van der Waals surface area contributed by atoms with Crippen LogP contribution in [0.1, 0.15) is 23.0 Å². The van der Waals surface area contributed by atoms with Crippen LogP contribution in [-0.4, -0.2) is 60.2 Å². The Morgan fingerprint density at radius 1 is 1.07 bits per heavy atom. The van der Waals surface area contributed by atoms with E-state index in [1.165, 1.54) is 0 Å². The number of benzene rings is 1. The van der Waals surface area contributed by atoms with Gasteiger partial charge in [-0.15, -0.1) is 10.2 Å². The summed E-state index contributed by atoms with van der Waals surface area (Å²) in [6, 6.07) is 11.0. The SMILES string of the molecule is COc1ccccc1CNC(=O)c1ccc(N2CCN(C(C)=O)CC2)nn1. The molecule has 0 unspecified atom stereocenters. The maximum atomic E-state index is 12.3. The Bertz CT molecular complexity index is 801. The first-order valence-electron chi connectivity index (χ1n) is 8.83. The van der Waals surface area contributed by atoms with Gasteiger partial charge in [0.2, 0.25) is 5.91 Å². The van der Waals surface area contributed by atoms with Crippen LogP contribution in [-0.2, 0) is 11.3 Å². The first-order valence-corrected chi connectivity index (χ1v) is 8.83. The fourth-order valence-electron chi connectivity index (χ4n) is 2.98. The third-order valence-electron chi connectivity index (χ3n) is 4.56. The molecule has 0 atom stereocenters. The van der Waals surface area contributed by atoms with Gasteiger partial charge in [0.15, 0.2) is 11.5 Å². The summed E-state index contributed by atoms with van der Waals surface area (Å²) in [5.74, 6) is 1.23. The number of carbonyl (C=O) groups excluding carboxylic acids is 2. The topological polar surface area (TPSA) is 87.7 Å². The Morgan fingerprint density at radius 2 is 1.81 bits per heavy atom. The summed E-state index contributed by atoms with van der Waals surface area (Å²) in [5.41, 5.74) is 1.15. The van der Waals surface area contributed by atoms with Gasteiger partial charge in [-0.25, -0.2) is 0 Å². The van der Waals surface area contributed by atoms with Crippen LogP contribution in [0.2, 0.25) is 0 Å². The van der Waals surface area contributed by atoms with E-state index in [0.29, 0.717) is 38.5 Å². The lowest BCUT2D eigenvalue weighted by Crippen LogP contribution is -2.48. The Morgan fingerprint density at radius 3 is 2.44 bits per heavy atom. The molecule has 1 aliphatic heterocycles. The van der Waals surface area contributed by atoms with Gasteiger partial charge < -0.3 is 19.9 Å². The number of hydrogen-bond donors (Lipinski definition) is 1. The quantitative estimate of drug-likeness (QED) is 0.849. The molecule has 0 radical (unpaired) electrons. The van der Waals surface area contributed by atoms with Crippen molar-refractivity contribution in [2.24, 2.45) is 0 Å². The Balaban J connectivity index is 1.57. The van der Waals surface area contributed by atoms with E-state index < -0.39 is 0 Å². The number of amides is 2. The third kappa shape index (κ3) is 4.52. The molecule has 0 bridgehead atoms. The minimum absolute atomic E-state index is 0.0859. The summed E-state index contributed by atoms with van der Waals surface area (Å²) in [6.45, 7) is 4.66. The van der Waals surface area contributed by atoms with Crippen LogP contribution in [0.3, 0.4) is 0 Å². The highest BCUT2D eigenvalue weighted by molar-refractivity contribution is 5.92. The lowest BCUT2D eigenvalue weighted by Gasteiger charge is -2.34. The molecule has 1 aromatic carbocycles. The van der Waals surface area contributed by atoms with E-state index in [1.54, 1.807) is 26.2 Å². The van der Waals surface area contributed by atoms with Gasteiger partial charge in [-0.3, -0.25) is 9.59 Å². The molecule has 0 saturated carbocycles. The molecule has 3 rings (SSSR count). The molecule has 142 valence electrons. The zero-order valence-corrected chi connectivity index (χ0v) is 15.5. The Kier molecular flexibility index (Phi) is 5.85. The van der Waals surface area contributed by atoms with Crippen molar-refractivity contribution in [1.82, 2.24) is 20.4 Å². The number of carbonyl (C=O) groups is 2. The number of anilines is 1. The van der Waals surface area contributed by atoms with Crippen molar-refractivity contribution in [1.29, 1.82) is 0 Å². The van der Waals surface area contributed by atoms with Crippen LogP contribution in [0, 0.1) is 0 Å². The maximum Gasteiger partial charge on any atom is 0.272 e. The molecular formula is C19H23N5O3. The van der Waals surface area contributed by atoms with Gasteiger partial charge in [0.25, 0.3) is 5.91 Å². The molecule has 1 aliphatic rings. The minimum Gasteiger partial charge on any atom is -0.496 e. The fraction of sp³-hybridized carbons (Fsp3) is 0.368. The highest BCUT2D eigenvalue weighted by Crippen LogP contribution is 2.17. The van der Waals surface area contributed by atoms with Crippen molar-refractivity contribution in [3.05, 3.63) is 47.7 Å². The summed E-state index contributed by atoms with van der Waals surface area (Å²) in [5, 5.41) is 11.0. The molecule has 8 nitrogen and oxygen atoms in total. The van der Waals surface area contributed by atoms with E-state index in [4.69, 9.17) is 4.74 Å². The van der Waals surface area contributed by atoms with Gasteiger partial charge in [-0.05, 0) is 18.2 Å². The number of nitrogens with one attached hydrogen (secondary N) is 1. The number of piperazine rings is 1. The first-order chi connectivity index (χ1) is 13.1. The Labute approximate surface area is 158 Å². The summed E-state index contributed by atoms with van der Waals surface area (Å²) in [6.07, 6.45) is 0. The predicted octanol–water partition coefficient (Wildman–Crippen LogP) is 1.08. The lowest BCUT2D eigenvalue weighted by atomic mass is 10.2. The number of hydrogen-bond acceptors (Lipinski definition) is 6. The Hall–Kier alpha value is -3.16. The number of aromatic nitrogens is 2. The second-order valence-electron chi connectivity index (χ2n) is 6.26. The van der Waals surface area contributed by atoms with Crippen LogP contribution >= 0.6 is 0 Å². The highest BCUT2D eigenvalue weighted by atomic mass is 16.5. The van der Waals surface area contributed by atoms with Crippen molar-refractivity contribution in [3.63, 3.8) is 0 Å². The lowest BCUT2D eigenvalue weighted by molar-refractivity contribution is -0.129. The van der Waals surface area contributed by atoms with E-state index in [-0.39, 0.29) is 17.5 Å². The van der Waals surface area contributed by atoms with Gasteiger partial charge in [0.1, 0.15) is 5.75 Å². The minimum atomic E-state index is -0.290. The van der Waals surface area contributed by atoms with Crippen molar-refractivity contribution < 1.29 is 14.3 Å². The standard InChI is InChI=1S/C19H23N5O3/c1-14(25)23-9-11-24(12-10-23)18-8-7-16(21-22-18)19(26)20-13-15-5-3-4-6-17(15)27-2/h3-8H,9-13H2,1-2H3,(H,20,26). The molecule has 1 fully saturated rings. The largest absolute Gasteiger partial charge is 0.496 e. The van der Waals surface area contributed by atoms with Crippen LogP contribution in [0.25, 0.3) is 0 Å². The van der Waals surface area contributed by atoms with Crippen LogP contribution in [0.5, 0.6) is 5.75 Å². The van der Waals surface area contributed by atoms with Gasteiger partial charge in [-0.1, -0.05) is 18.2 Å². The third-order valence-corrected chi connectivity index (χ3v) is 4.56. The second-order valence-corrected chi connectivity index (χ2v) is 6.26. The molecule has 8 heteroatoms. The molecular weight excluding hydrogens is 346 g/mol. The van der Waals surface area contributed by atoms with Crippen molar-refractivity contribution in [2.75, 3.05) is 38.2 Å². The highest BCUT2D eigenvalue weighted by Gasteiger charge is 2.20. The van der Waals surface area contributed by atoms with Crippen LogP contribution < -0.4 is 15.0 Å². The normalized spacial score (nSPS) is 14.0. The van der Waals surface area contributed by atoms with E-state index in [1.807, 2.05) is 29.2 Å². The number of rotatable bonds is 5. The smallest absolute Gasteiger partial charge is 0.272 e. The molecule has 1 N–H and O–H groups in total. The van der Waals surface area contributed by atoms with Gasteiger partial charge in [0, 0.05) is 45.2 Å². The van der Waals surface area contributed by atoms with Crippen molar-refractivity contribution in [2.45, 2.75) is 13.5 Å². The molecule has 1 aromatic heterocycles. The maximum absolute atomic E-state index is 12.3. The number of para-hydroxylation sites is 1. The number of methoxy groups -OCH3 is 1. The van der Waals surface area contributed by atoms with Gasteiger partial charge in [-0.2, -0.15) is 0 Å². The van der Waals surface area contributed by atoms with Crippen molar-refractivity contribution in [3.8, 4) is 5.75 Å². The van der Waals surface area contributed by atoms with Crippen LogP contribution in [0.15, 0.2) is 36.4 Å². The van der Waals surface area contributed by atoms with E-state index >= 15 is 0 Å². The summed E-state index contributed by atoms with van der Waals surface area (Å²) in [4.78, 5) is 27.6. The number of ether oxygens (including phenoxy) is 1. The molecule has 0 spiro atoms. The zero-order valence-electron chi connectivity index (χ0n) is 15.5. The van der Waals surface area contributed by atoms with Gasteiger partial charge >= 0.3 is 0 Å². The molecule has 1 saturated heterocycles. The van der Waals surface area contributed by atoms with Gasteiger partial charge in [0.05, 0.1) is 7.11 Å². The molecule has 2 aromatic rings. The van der Waals surface area contributed by atoms with Crippen LogP contribution in [0.4, 0.5) is 5.82 Å². The average molecular weight is 369 g/mol. The second kappa shape index (κ2) is 8.48.